The second kappa shape index (κ2) is 4.64. The van der Waals surface area contributed by atoms with Crippen LogP contribution in [-0.4, -0.2) is 33.0 Å². The maximum atomic E-state index is 11.9. The van der Waals surface area contributed by atoms with Crippen molar-refractivity contribution >= 4 is 27.3 Å². The second-order valence-corrected chi connectivity index (χ2v) is 6.76. The van der Waals surface area contributed by atoms with E-state index < -0.39 is 15.6 Å². The highest BCUT2D eigenvalue weighted by atomic mass is 32.2. The Morgan fingerprint density at radius 1 is 1.35 bits per heavy atom. The Morgan fingerprint density at radius 3 is 2.55 bits per heavy atom. The third-order valence-corrected chi connectivity index (χ3v) is 4.45. The molecule has 0 aliphatic carbocycles. The number of benzene rings is 1. The van der Waals surface area contributed by atoms with Crippen LogP contribution < -0.4 is 21.1 Å². The fourth-order valence-electron chi connectivity index (χ4n) is 2.31. The first-order valence-electron chi connectivity index (χ1n) is 6.12. The molecule has 0 unspecified atom stereocenters. The van der Waals surface area contributed by atoms with E-state index in [1.807, 2.05) is 4.90 Å². The number of piperazine rings is 1. The van der Waals surface area contributed by atoms with Gasteiger partial charge in [0.15, 0.2) is 0 Å². The molecule has 0 radical (unpaired) electrons. The predicted octanol–water partition coefficient (Wildman–Crippen LogP) is -0.369. The van der Waals surface area contributed by atoms with E-state index in [2.05, 4.69) is 5.32 Å². The van der Waals surface area contributed by atoms with Crippen LogP contribution in [0.5, 0.6) is 0 Å². The zero-order chi connectivity index (χ0) is 15.1. The van der Waals surface area contributed by atoms with Crippen molar-refractivity contribution in [2.24, 2.45) is 5.14 Å². The number of nitrogens with two attached hydrogens (primary N) is 2. The third kappa shape index (κ3) is 2.44. The van der Waals surface area contributed by atoms with E-state index in [1.54, 1.807) is 19.9 Å². The molecule has 1 saturated heterocycles. The van der Waals surface area contributed by atoms with E-state index in [0.717, 1.165) is 0 Å². The first-order chi connectivity index (χ1) is 9.14. The van der Waals surface area contributed by atoms with Crippen molar-refractivity contribution in [1.82, 2.24) is 5.32 Å². The van der Waals surface area contributed by atoms with Crippen LogP contribution in [0, 0.1) is 0 Å². The van der Waals surface area contributed by atoms with Gasteiger partial charge in [-0.3, -0.25) is 4.79 Å². The van der Waals surface area contributed by atoms with Gasteiger partial charge >= 0.3 is 0 Å². The molecular weight excluding hydrogens is 280 g/mol. The van der Waals surface area contributed by atoms with Crippen molar-refractivity contribution in [2.45, 2.75) is 24.3 Å². The van der Waals surface area contributed by atoms with Gasteiger partial charge in [-0.2, -0.15) is 0 Å². The van der Waals surface area contributed by atoms with Crippen LogP contribution >= 0.6 is 0 Å². The Balaban J connectivity index is 2.44. The molecule has 8 heteroatoms. The number of carbonyl (C=O) groups is 1. The number of sulfonamides is 1. The largest absolute Gasteiger partial charge is 0.398 e. The van der Waals surface area contributed by atoms with Crippen molar-refractivity contribution in [2.75, 3.05) is 23.7 Å². The van der Waals surface area contributed by atoms with E-state index in [9.17, 15) is 13.2 Å². The third-order valence-electron chi connectivity index (χ3n) is 3.46. The molecule has 5 N–H and O–H groups in total. The van der Waals surface area contributed by atoms with Crippen molar-refractivity contribution in [3.63, 3.8) is 0 Å². The molecule has 0 atom stereocenters. The summed E-state index contributed by atoms with van der Waals surface area (Å²) in [6.45, 7) is 4.74. The Bertz CT molecular complexity index is 655. The van der Waals surface area contributed by atoms with Gasteiger partial charge in [-0.1, -0.05) is 0 Å². The van der Waals surface area contributed by atoms with Gasteiger partial charge in [-0.05, 0) is 32.0 Å². The fraction of sp³-hybridized carbons (Fsp3) is 0.417. The summed E-state index contributed by atoms with van der Waals surface area (Å²) in [6.07, 6.45) is 0. The molecule has 1 aliphatic rings. The molecule has 1 aromatic carbocycles. The van der Waals surface area contributed by atoms with Crippen LogP contribution in [0.25, 0.3) is 0 Å². The lowest BCUT2D eigenvalue weighted by Crippen LogP contribution is -2.62. The molecule has 0 saturated carbocycles. The SMILES string of the molecule is CC1(C)C(=O)NCCN1c1ccc(S(N)(=O)=O)c(N)c1. The molecule has 0 aromatic heterocycles. The molecule has 1 heterocycles. The number of nitrogens with zero attached hydrogens (tertiary/aromatic N) is 1. The summed E-state index contributed by atoms with van der Waals surface area (Å²) in [7, 11) is -3.84. The van der Waals surface area contributed by atoms with Crippen molar-refractivity contribution in [3.05, 3.63) is 18.2 Å². The predicted molar refractivity (Wildman–Crippen MR) is 76.7 cm³/mol. The van der Waals surface area contributed by atoms with E-state index in [1.165, 1.54) is 12.1 Å². The van der Waals surface area contributed by atoms with Crippen molar-refractivity contribution < 1.29 is 13.2 Å². The molecule has 1 aliphatic heterocycles. The molecule has 7 nitrogen and oxygen atoms in total. The van der Waals surface area contributed by atoms with E-state index in [0.29, 0.717) is 18.8 Å². The quantitative estimate of drug-likeness (QED) is 0.644. The number of nitrogens with one attached hydrogen (secondary N) is 1. The van der Waals surface area contributed by atoms with Crippen LogP contribution in [0.15, 0.2) is 23.1 Å². The molecule has 1 fully saturated rings. The smallest absolute Gasteiger partial charge is 0.245 e. The summed E-state index contributed by atoms with van der Waals surface area (Å²) in [5, 5.41) is 7.87. The van der Waals surface area contributed by atoms with Gasteiger partial charge in [0.2, 0.25) is 15.9 Å². The minimum Gasteiger partial charge on any atom is -0.398 e. The van der Waals surface area contributed by atoms with Gasteiger partial charge in [-0.25, -0.2) is 13.6 Å². The average Bonchev–Trinajstić information content (AvgIpc) is 2.30. The first-order valence-corrected chi connectivity index (χ1v) is 7.67. The lowest BCUT2D eigenvalue weighted by Gasteiger charge is -2.43. The molecule has 1 amide bonds. The summed E-state index contributed by atoms with van der Waals surface area (Å²) in [5.41, 5.74) is 5.79. The number of hydrogen-bond acceptors (Lipinski definition) is 5. The van der Waals surface area contributed by atoms with Crippen LogP contribution in [0.1, 0.15) is 13.8 Å². The van der Waals surface area contributed by atoms with Gasteiger partial charge in [-0.15, -0.1) is 0 Å². The van der Waals surface area contributed by atoms with Crippen LogP contribution in [-0.2, 0) is 14.8 Å². The van der Waals surface area contributed by atoms with E-state index >= 15 is 0 Å². The fourth-order valence-corrected chi connectivity index (χ4v) is 2.96. The van der Waals surface area contributed by atoms with Crippen LogP contribution in [0.4, 0.5) is 11.4 Å². The molecule has 0 bridgehead atoms. The average molecular weight is 298 g/mol. The molecule has 20 heavy (non-hydrogen) atoms. The summed E-state index contributed by atoms with van der Waals surface area (Å²) in [5.74, 6) is -0.0853. The molecule has 2 rings (SSSR count). The van der Waals surface area contributed by atoms with Crippen LogP contribution in [0.2, 0.25) is 0 Å². The minimum absolute atomic E-state index is 0.0757. The normalized spacial score (nSPS) is 18.8. The van der Waals surface area contributed by atoms with Gasteiger partial charge in [0, 0.05) is 18.8 Å². The van der Waals surface area contributed by atoms with Crippen molar-refractivity contribution in [3.8, 4) is 0 Å². The monoisotopic (exact) mass is 298 g/mol. The lowest BCUT2D eigenvalue weighted by molar-refractivity contribution is -0.126. The van der Waals surface area contributed by atoms with E-state index in [-0.39, 0.29) is 16.5 Å². The number of primary sulfonamides is 1. The maximum absolute atomic E-state index is 11.9. The van der Waals surface area contributed by atoms with E-state index in [4.69, 9.17) is 10.9 Å². The highest BCUT2D eigenvalue weighted by Gasteiger charge is 2.37. The van der Waals surface area contributed by atoms with Crippen LogP contribution in [0.3, 0.4) is 0 Å². The van der Waals surface area contributed by atoms with Gasteiger partial charge in [0.25, 0.3) is 0 Å². The first kappa shape index (κ1) is 14.6. The summed E-state index contributed by atoms with van der Waals surface area (Å²) in [6, 6.07) is 4.50. The topological polar surface area (TPSA) is 119 Å². The summed E-state index contributed by atoms with van der Waals surface area (Å²) >= 11 is 0. The highest BCUT2D eigenvalue weighted by molar-refractivity contribution is 7.89. The summed E-state index contributed by atoms with van der Waals surface area (Å²) < 4.78 is 22.7. The number of anilines is 2. The molecule has 0 spiro atoms. The van der Waals surface area contributed by atoms with Gasteiger partial charge < -0.3 is 16.0 Å². The number of hydrogen-bond donors (Lipinski definition) is 3. The number of carbonyl (C=O) groups excluding carboxylic acids is 1. The van der Waals surface area contributed by atoms with Gasteiger partial charge in [0.05, 0.1) is 5.69 Å². The molecule has 110 valence electrons. The highest BCUT2D eigenvalue weighted by Crippen LogP contribution is 2.30. The summed E-state index contributed by atoms with van der Waals surface area (Å²) in [4.78, 5) is 13.7. The maximum Gasteiger partial charge on any atom is 0.245 e. The Morgan fingerprint density at radius 2 is 2.00 bits per heavy atom. The molecular formula is C12H18N4O3S. The Hall–Kier alpha value is -1.80. The zero-order valence-corrected chi connectivity index (χ0v) is 12.2. The Kier molecular flexibility index (Phi) is 3.39. The standard InChI is InChI=1S/C12H18N4O3S/c1-12(2)11(17)15-5-6-16(12)8-3-4-10(9(13)7-8)20(14,18)19/h3-4,7H,5-6,13H2,1-2H3,(H,15,17)(H2,14,18,19). The molecule has 1 aromatic rings. The van der Waals surface area contributed by atoms with Crippen molar-refractivity contribution in [1.29, 1.82) is 0 Å². The zero-order valence-electron chi connectivity index (χ0n) is 11.4. The number of nitrogen functional groups attached to an aromatic ring is 1. The van der Waals surface area contributed by atoms with Gasteiger partial charge in [0.1, 0.15) is 10.4 Å². The Labute approximate surface area is 118 Å². The second-order valence-electron chi connectivity index (χ2n) is 5.23. The lowest BCUT2D eigenvalue weighted by atomic mass is 9.98. The number of amides is 1. The minimum atomic E-state index is -3.84. The number of rotatable bonds is 2.